The number of hydrogen-bond acceptors (Lipinski definition) is 6. The minimum absolute atomic E-state index is 0. The maximum absolute atomic E-state index is 11.5. The zero-order valence-electron chi connectivity index (χ0n) is 19.5. The van der Waals surface area contributed by atoms with Crippen molar-refractivity contribution in [2.45, 2.75) is 32.4 Å². The number of hydrogen-bond donors (Lipinski definition) is 3. The van der Waals surface area contributed by atoms with E-state index < -0.39 is 18.6 Å². The molecule has 2 aromatic rings. The van der Waals surface area contributed by atoms with Gasteiger partial charge in [0, 0.05) is 23.7 Å². The highest BCUT2D eigenvalue weighted by atomic mass is 35.5. The van der Waals surface area contributed by atoms with Crippen LogP contribution in [0.3, 0.4) is 0 Å². The van der Waals surface area contributed by atoms with Gasteiger partial charge in [0.25, 0.3) is 6.73 Å². The van der Waals surface area contributed by atoms with E-state index in [0.717, 1.165) is 37.1 Å². The number of carbonyl (C=O) groups excluding carboxylic acids is 1. The summed E-state index contributed by atoms with van der Waals surface area (Å²) in [5, 5.41) is 20.2. The highest BCUT2D eigenvalue weighted by Gasteiger charge is 2.14. The van der Waals surface area contributed by atoms with Gasteiger partial charge in [-0.2, -0.15) is 9.83 Å². The predicted molar refractivity (Wildman–Crippen MR) is 129 cm³/mol. The average molecular weight is 539 g/mol. The largest absolute Gasteiger partial charge is 1.00 e. The van der Waals surface area contributed by atoms with E-state index in [9.17, 15) is 9.59 Å². The van der Waals surface area contributed by atoms with Gasteiger partial charge < -0.3 is 42.9 Å². The maximum atomic E-state index is 11.5. The first-order valence-electron chi connectivity index (χ1n) is 10.9. The number of halogens is 2. The number of unbranched alkanes of at least 4 members (excludes halogenated alkanes) is 3. The number of alkyl carbamates (subject to hydrolysis) is 1. The highest BCUT2D eigenvalue weighted by molar-refractivity contribution is 6.30. The molecule has 0 bridgehead atoms. The summed E-state index contributed by atoms with van der Waals surface area (Å²) in [4.78, 5) is 27.3. The SMILES string of the molecule is N#CN=C(N)N(CCCCCCOc1ccc(Cl)cc1)c1cc[n+](COC(=O)NCC(=O)O)cc1.[Cl-]. The standard InChI is InChI=1S/C23H27ClN6O5.ClH/c24-18-5-7-20(8-6-18)34-14-4-2-1-3-11-30(22(26)28-16-25)19-9-12-29(13-10-19)17-35-23(33)27-15-21(31)32;/h5-10,12-13H,1-4,11,14-15,17H2,(H3-,26,27,28,31,32,33);1H. The number of anilines is 1. The molecule has 1 heterocycles. The highest BCUT2D eigenvalue weighted by Crippen LogP contribution is 2.16. The number of nitrogens with zero attached hydrogens (tertiary/aromatic N) is 4. The second kappa shape index (κ2) is 16.8. The summed E-state index contributed by atoms with van der Waals surface area (Å²) in [5.74, 6) is -0.295. The Morgan fingerprint density at radius 2 is 1.81 bits per heavy atom. The number of ether oxygens (including phenoxy) is 2. The van der Waals surface area contributed by atoms with E-state index >= 15 is 0 Å². The van der Waals surface area contributed by atoms with Crippen LogP contribution in [-0.2, 0) is 16.3 Å². The van der Waals surface area contributed by atoms with E-state index in [1.807, 2.05) is 12.1 Å². The van der Waals surface area contributed by atoms with Gasteiger partial charge >= 0.3 is 12.1 Å². The van der Waals surface area contributed by atoms with Crippen molar-refractivity contribution in [3.63, 3.8) is 0 Å². The normalized spacial score (nSPS) is 10.5. The first-order chi connectivity index (χ1) is 16.9. The van der Waals surface area contributed by atoms with E-state index in [1.54, 1.807) is 52.3 Å². The van der Waals surface area contributed by atoms with Crippen LogP contribution in [0.2, 0.25) is 5.02 Å². The molecule has 194 valence electrons. The molecule has 0 saturated heterocycles. The summed E-state index contributed by atoms with van der Waals surface area (Å²) in [6.07, 6.45) is 7.82. The van der Waals surface area contributed by atoms with Crippen molar-refractivity contribution in [2.24, 2.45) is 10.7 Å². The molecule has 0 saturated carbocycles. The number of amides is 1. The number of nitrogens with one attached hydrogen (secondary N) is 1. The first kappa shape index (κ1) is 30.3. The van der Waals surface area contributed by atoms with E-state index in [0.29, 0.717) is 18.2 Å². The number of carboxylic acid groups (broad SMARTS) is 1. The molecule has 13 heteroatoms. The third-order valence-corrected chi connectivity index (χ3v) is 4.97. The molecule has 0 atom stereocenters. The molecule has 0 aliphatic carbocycles. The van der Waals surface area contributed by atoms with Gasteiger partial charge in [0.2, 0.25) is 12.2 Å². The number of rotatable bonds is 13. The fourth-order valence-electron chi connectivity index (χ4n) is 2.98. The molecule has 0 fully saturated rings. The van der Waals surface area contributed by atoms with Crippen molar-refractivity contribution in [1.29, 1.82) is 5.26 Å². The van der Waals surface area contributed by atoms with Crippen molar-refractivity contribution in [2.75, 3.05) is 24.6 Å². The smallest absolute Gasteiger partial charge is 0.412 e. The molecule has 1 amide bonds. The number of aliphatic imine (C=N–C) groups is 1. The summed E-state index contributed by atoms with van der Waals surface area (Å²) in [5.41, 5.74) is 6.71. The van der Waals surface area contributed by atoms with Gasteiger partial charge in [0.05, 0.1) is 12.3 Å². The van der Waals surface area contributed by atoms with Crippen LogP contribution in [0, 0.1) is 11.5 Å². The van der Waals surface area contributed by atoms with Crippen molar-refractivity contribution in [3.05, 3.63) is 53.8 Å². The Balaban J connectivity index is 0.00000648. The molecule has 1 aromatic carbocycles. The summed E-state index contributed by atoms with van der Waals surface area (Å²) < 4.78 is 12.2. The van der Waals surface area contributed by atoms with Crippen molar-refractivity contribution < 1.29 is 41.1 Å². The number of carboxylic acids is 1. The fraction of sp³-hybridized carbons (Fsp3) is 0.348. The lowest BCUT2D eigenvalue weighted by Crippen LogP contribution is -3.00. The van der Waals surface area contributed by atoms with Crippen LogP contribution in [0.1, 0.15) is 25.7 Å². The second-order valence-corrected chi connectivity index (χ2v) is 7.75. The van der Waals surface area contributed by atoms with Gasteiger partial charge in [-0.05, 0) is 37.1 Å². The molecule has 0 spiro atoms. The minimum Gasteiger partial charge on any atom is -1.00 e. The Kier molecular flexibility index (Phi) is 14.1. The summed E-state index contributed by atoms with van der Waals surface area (Å²) >= 11 is 5.86. The molecule has 0 aliphatic rings. The van der Waals surface area contributed by atoms with Crippen LogP contribution in [0.15, 0.2) is 53.8 Å². The fourth-order valence-corrected chi connectivity index (χ4v) is 3.11. The Bertz CT molecular complexity index is 1030. The zero-order valence-corrected chi connectivity index (χ0v) is 21.0. The molecule has 0 unspecified atom stereocenters. The van der Waals surface area contributed by atoms with Crippen molar-refractivity contribution in [1.82, 2.24) is 5.32 Å². The topological polar surface area (TPSA) is 154 Å². The molecule has 11 nitrogen and oxygen atoms in total. The van der Waals surface area contributed by atoms with E-state index in [2.05, 4.69) is 10.3 Å². The van der Waals surface area contributed by atoms with Gasteiger partial charge in [-0.15, -0.1) is 4.99 Å². The van der Waals surface area contributed by atoms with Gasteiger partial charge in [-0.3, -0.25) is 4.79 Å². The summed E-state index contributed by atoms with van der Waals surface area (Å²) in [6.45, 7) is 0.543. The minimum atomic E-state index is -1.16. The number of benzene rings is 1. The molecule has 4 N–H and O–H groups in total. The Morgan fingerprint density at radius 1 is 1.14 bits per heavy atom. The predicted octanol–water partition coefficient (Wildman–Crippen LogP) is -0.359. The number of aliphatic carboxylic acids is 1. The number of carbonyl (C=O) groups is 2. The molecule has 36 heavy (non-hydrogen) atoms. The van der Waals surface area contributed by atoms with Gasteiger partial charge in [-0.25, -0.2) is 4.79 Å². The molecule has 0 aliphatic heterocycles. The third-order valence-electron chi connectivity index (χ3n) is 4.71. The van der Waals surface area contributed by atoms with Crippen LogP contribution < -0.4 is 37.7 Å². The van der Waals surface area contributed by atoms with Gasteiger partial charge in [-0.1, -0.05) is 24.4 Å². The van der Waals surface area contributed by atoms with Crippen molar-refractivity contribution >= 4 is 35.3 Å². The molecule has 2 rings (SSSR count). The summed E-state index contributed by atoms with van der Waals surface area (Å²) in [6, 6.07) is 10.7. The molecular formula is C23H28Cl2N6O5. The molecule has 1 aromatic heterocycles. The van der Waals surface area contributed by atoms with Gasteiger partial charge in [0.15, 0.2) is 12.4 Å². The number of nitrogens with two attached hydrogens (primary N) is 1. The number of aromatic nitrogens is 1. The lowest BCUT2D eigenvalue weighted by molar-refractivity contribution is -0.727. The Labute approximate surface area is 220 Å². The lowest BCUT2D eigenvalue weighted by Gasteiger charge is -2.22. The average Bonchev–Trinajstić information content (AvgIpc) is 2.85. The molecular weight excluding hydrogens is 511 g/mol. The van der Waals surface area contributed by atoms with E-state index in [-0.39, 0.29) is 25.1 Å². The molecule has 0 radical (unpaired) electrons. The Hall–Kier alpha value is -3.75. The lowest BCUT2D eigenvalue weighted by atomic mass is 10.2. The quantitative estimate of drug-likeness (QED) is 0.103. The maximum Gasteiger partial charge on any atom is 0.412 e. The monoisotopic (exact) mass is 538 g/mol. The van der Waals surface area contributed by atoms with Crippen LogP contribution in [-0.4, -0.2) is 42.8 Å². The number of nitriles is 1. The number of guanidine groups is 1. The van der Waals surface area contributed by atoms with Crippen molar-refractivity contribution in [3.8, 4) is 11.9 Å². The van der Waals surface area contributed by atoms with Crippen LogP contribution in [0.5, 0.6) is 5.75 Å². The summed E-state index contributed by atoms with van der Waals surface area (Å²) in [7, 11) is 0. The number of pyridine rings is 1. The van der Waals surface area contributed by atoms with Crippen LogP contribution >= 0.6 is 11.6 Å². The Morgan fingerprint density at radius 3 is 2.44 bits per heavy atom. The third kappa shape index (κ3) is 11.6. The van der Waals surface area contributed by atoms with E-state index in [1.165, 1.54) is 0 Å². The van der Waals surface area contributed by atoms with E-state index in [4.69, 9.17) is 37.2 Å². The van der Waals surface area contributed by atoms with Crippen LogP contribution in [0.4, 0.5) is 10.5 Å². The first-order valence-corrected chi connectivity index (χ1v) is 11.3. The van der Waals surface area contributed by atoms with Gasteiger partial charge in [0.1, 0.15) is 12.3 Å². The zero-order chi connectivity index (χ0) is 25.5. The second-order valence-electron chi connectivity index (χ2n) is 7.32. The van der Waals surface area contributed by atoms with Crippen LogP contribution in [0.25, 0.3) is 0 Å².